The quantitative estimate of drug-likeness (QED) is 0.256. The molecule has 4 rings (SSSR count). The van der Waals surface area contributed by atoms with Gasteiger partial charge >= 0.3 is 0 Å². The van der Waals surface area contributed by atoms with Crippen LogP contribution in [0.2, 0.25) is 0 Å². The van der Waals surface area contributed by atoms with Crippen molar-refractivity contribution in [3.63, 3.8) is 0 Å². The number of hydrogen-bond acceptors (Lipinski definition) is 7. The molecule has 0 heterocycles. The van der Waals surface area contributed by atoms with Crippen LogP contribution < -0.4 is 10.1 Å². The topological polar surface area (TPSA) is 139 Å². The van der Waals surface area contributed by atoms with E-state index in [4.69, 9.17) is 0 Å². The standard InChI is InChI=1S/C26H30N4O6S2/c1-19-3-13-25(14-4-19)37(33,34)28-23(17-21-7-11-24(12-8-21)30(31)32)18-29(27-22-9-10-22)38(35,36)26-15-5-20(2)6-16-26/h3-8,11-16,22-23,27-28H,9-10,17-18H2,1-2H3. The number of nitrogens with zero attached hydrogens (tertiary/aromatic N) is 2. The first kappa shape index (κ1) is 27.9. The second-order valence-corrected chi connectivity index (χ2v) is 13.1. The number of benzene rings is 3. The number of nitro benzene ring substituents is 1. The predicted octanol–water partition coefficient (Wildman–Crippen LogP) is 3.46. The number of hydrogen-bond donors (Lipinski definition) is 2. The maximum Gasteiger partial charge on any atom is 0.269 e. The van der Waals surface area contributed by atoms with E-state index < -0.39 is 31.0 Å². The molecule has 1 aliphatic rings. The van der Waals surface area contributed by atoms with Gasteiger partial charge in [0, 0.05) is 30.8 Å². The molecule has 1 saturated carbocycles. The summed E-state index contributed by atoms with van der Waals surface area (Å²) in [6.07, 6.45) is 1.72. The zero-order chi connectivity index (χ0) is 27.5. The molecule has 202 valence electrons. The van der Waals surface area contributed by atoms with Gasteiger partial charge in [-0.3, -0.25) is 10.1 Å². The zero-order valence-corrected chi connectivity index (χ0v) is 22.7. The molecule has 12 heteroatoms. The molecule has 0 spiro atoms. The van der Waals surface area contributed by atoms with Crippen molar-refractivity contribution in [1.82, 2.24) is 14.6 Å². The minimum atomic E-state index is -4.01. The molecule has 0 amide bonds. The zero-order valence-electron chi connectivity index (χ0n) is 21.1. The number of non-ortho nitro benzene ring substituents is 1. The van der Waals surface area contributed by atoms with Crippen LogP contribution in [0.3, 0.4) is 0 Å². The van der Waals surface area contributed by atoms with Crippen molar-refractivity contribution in [2.24, 2.45) is 0 Å². The van der Waals surface area contributed by atoms with Gasteiger partial charge in [-0.15, -0.1) is 4.41 Å². The van der Waals surface area contributed by atoms with E-state index in [1.807, 2.05) is 13.8 Å². The Morgan fingerprint density at radius 2 is 1.39 bits per heavy atom. The predicted molar refractivity (Wildman–Crippen MR) is 143 cm³/mol. The van der Waals surface area contributed by atoms with Crippen molar-refractivity contribution < 1.29 is 21.8 Å². The first-order chi connectivity index (χ1) is 17.9. The Balaban J connectivity index is 1.66. The fourth-order valence-corrected chi connectivity index (χ4v) is 6.49. The third-order valence-electron chi connectivity index (χ3n) is 6.18. The molecule has 3 aromatic rings. The number of nitro groups is 1. The lowest BCUT2D eigenvalue weighted by molar-refractivity contribution is -0.384. The Morgan fingerprint density at radius 3 is 1.89 bits per heavy atom. The fraction of sp³-hybridized carbons (Fsp3) is 0.308. The summed E-state index contributed by atoms with van der Waals surface area (Å²) >= 11 is 0. The van der Waals surface area contributed by atoms with Gasteiger partial charge in [0.1, 0.15) is 0 Å². The van der Waals surface area contributed by atoms with E-state index in [0.717, 1.165) is 28.4 Å². The van der Waals surface area contributed by atoms with Crippen LogP contribution in [0.4, 0.5) is 5.69 Å². The van der Waals surface area contributed by atoms with Crippen LogP contribution in [0.15, 0.2) is 82.6 Å². The molecule has 10 nitrogen and oxygen atoms in total. The third-order valence-corrected chi connectivity index (χ3v) is 9.42. The highest BCUT2D eigenvalue weighted by atomic mass is 32.2. The summed E-state index contributed by atoms with van der Waals surface area (Å²) in [6.45, 7) is 3.50. The summed E-state index contributed by atoms with van der Waals surface area (Å²) in [5.74, 6) is 0. The van der Waals surface area contributed by atoms with Crippen molar-refractivity contribution in [3.8, 4) is 0 Å². The van der Waals surface area contributed by atoms with Crippen LogP contribution in [-0.2, 0) is 26.5 Å². The molecule has 1 atom stereocenters. The number of nitrogens with one attached hydrogen (secondary N) is 2. The summed E-state index contributed by atoms with van der Waals surface area (Å²) in [4.78, 5) is 10.7. The van der Waals surface area contributed by atoms with Gasteiger partial charge in [0.25, 0.3) is 15.7 Å². The van der Waals surface area contributed by atoms with Crippen molar-refractivity contribution in [2.75, 3.05) is 6.54 Å². The molecule has 1 aliphatic carbocycles. The van der Waals surface area contributed by atoms with Gasteiger partial charge in [-0.1, -0.05) is 47.5 Å². The highest BCUT2D eigenvalue weighted by molar-refractivity contribution is 7.89. The SMILES string of the molecule is Cc1ccc(S(=O)(=O)NC(Cc2ccc([N+](=O)[O-])cc2)CN(NC2CC2)S(=O)(=O)c2ccc(C)cc2)cc1. The van der Waals surface area contributed by atoms with Gasteiger partial charge in [0.05, 0.1) is 14.7 Å². The maximum atomic E-state index is 13.6. The normalized spacial score (nSPS) is 14.9. The lowest BCUT2D eigenvalue weighted by Gasteiger charge is -2.28. The molecule has 1 fully saturated rings. The maximum absolute atomic E-state index is 13.6. The molecule has 1 unspecified atom stereocenters. The number of hydrazine groups is 1. The molecule has 0 aliphatic heterocycles. The van der Waals surface area contributed by atoms with E-state index >= 15 is 0 Å². The fourth-order valence-electron chi connectivity index (χ4n) is 3.86. The average molecular weight is 559 g/mol. The highest BCUT2D eigenvalue weighted by Crippen LogP contribution is 2.24. The molecule has 0 bridgehead atoms. The highest BCUT2D eigenvalue weighted by Gasteiger charge is 2.34. The number of sulfonamides is 2. The van der Waals surface area contributed by atoms with Crippen molar-refractivity contribution >= 4 is 25.7 Å². The average Bonchev–Trinajstić information content (AvgIpc) is 3.68. The van der Waals surface area contributed by atoms with Crippen molar-refractivity contribution in [3.05, 3.63) is 99.6 Å². The smallest absolute Gasteiger partial charge is 0.258 e. The van der Waals surface area contributed by atoms with Gasteiger partial charge in [-0.05, 0) is 62.9 Å². The lowest BCUT2D eigenvalue weighted by Crippen LogP contribution is -2.52. The second-order valence-electron chi connectivity index (χ2n) is 9.51. The molecule has 0 saturated heterocycles. The molecule has 0 radical (unpaired) electrons. The van der Waals surface area contributed by atoms with E-state index in [9.17, 15) is 26.9 Å². The molecular weight excluding hydrogens is 528 g/mol. The van der Waals surface area contributed by atoms with Gasteiger partial charge in [0.2, 0.25) is 10.0 Å². The van der Waals surface area contributed by atoms with Crippen molar-refractivity contribution in [1.29, 1.82) is 0 Å². The van der Waals surface area contributed by atoms with Crippen LogP contribution in [-0.4, -0.2) is 44.8 Å². The summed E-state index contributed by atoms with van der Waals surface area (Å²) in [7, 11) is -8.01. The Kier molecular flexibility index (Phi) is 8.28. The molecule has 0 aromatic heterocycles. The molecular formula is C26H30N4O6S2. The van der Waals surface area contributed by atoms with E-state index in [1.165, 1.54) is 36.4 Å². The number of rotatable bonds is 12. The Labute approximate surface area is 222 Å². The first-order valence-electron chi connectivity index (χ1n) is 12.1. The Bertz CT molecular complexity index is 1490. The van der Waals surface area contributed by atoms with Crippen LogP contribution >= 0.6 is 0 Å². The summed E-state index contributed by atoms with van der Waals surface area (Å²) < 4.78 is 57.5. The van der Waals surface area contributed by atoms with Gasteiger partial charge < -0.3 is 0 Å². The van der Waals surface area contributed by atoms with E-state index in [-0.39, 0.29) is 34.5 Å². The minimum absolute atomic E-state index is 0.0241. The summed E-state index contributed by atoms with van der Waals surface area (Å²) in [5, 5.41) is 11.1. The van der Waals surface area contributed by atoms with Crippen LogP contribution in [0.5, 0.6) is 0 Å². The van der Waals surface area contributed by atoms with Crippen molar-refractivity contribution in [2.45, 2.75) is 55.0 Å². The summed E-state index contributed by atoms with van der Waals surface area (Å²) in [5.41, 5.74) is 5.37. The Morgan fingerprint density at radius 1 is 0.868 bits per heavy atom. The van der Waals surface area contributed by atoms with Crippen LogP contribution in [0.25, 0.3) is 0 Å². The third kappa shape index (κ3) is 7.03. The first-order valence-corrected chi connectivity index (χ1v) is 15.0. The largest absolute Gasteiger partial charge is 0.269 e. The molecule has 3 aromatic carbocycles. The van der Waals surface area contributed by atoms with Crippen LogP contribution in [0, 0.1) is 24.0 Å². The monoisotopic (exact) mass is 558 g/mol. The van der Waals surface area contributed by atoms with Gasteiger partial charge in [-0.25, -0.2) is 27.0 Å². The summed E-state index contributed by atoms with van der Waals surface area (Å²) in [6, 6.07) is 17.7. The number of aryl methyl sites for hydroxylation is 2. The van der Waals surface area contributed by atoms with Gasteiger partial charge in [-0.2, -0.15) is 0 Å². The van der Waals surface area contributed by atoms with E-state index in [1.54, 1.807) is 36.4 Å². The molecule has 2 N–H and O–H groups in total. The second kappa shape index (κ2) is 11.3. The minimum Gasteiger partial charge on any atom is -0.258 e. The van der Waals surface area contributed by atoms with Crippen LogP contribution in [0.1, 0.15) is 29.5 Å². The van der Waals surface area contributed by atoms with E-state index in [0.29, 0.717) is 5.56 Å². The molecule has 38 heavy (non-hydrogen) atoms. The van der Waals surface area contributed by atoms with Gasteiger partial charge in [0.15, 0.2) is 0 Å². The Hall–Kier alpha value is -3.16. The lowest BCUT2D eigenvalue weighted by atomic mass is 10.1. The van der Waals surface area contributed by atoms with E-state index in [2.05, 4.69) is 10.1 Å².